The van der Waals surface area contributed by atoms with E-state index >= 15 is 0 Å². The Morgan fingerprint density at radius 2 is 1.74 bits per heavy atom. The summed E-state index contributed by atoms with van der Waals surface area (Å²) in [6.07, 6.45) is 0. The van der Waals surface area contributed by atoms with Crippen LogP contribution >= 0.6 is 0 Å². The highest BCUT2D eigenvalue weighted by molar-refractivity contribution is 6.08. The van der Waals surface area contributed by atoms with E-state index < -0.39 is 23.4 Å². The zero-order valence-electron chi connectivity index (χ0n) is 12.1. The number of ether oxygens (including phenoxy) is 1. The van der Waals surface area contributed by atoms with Gasteiger partial charge in [0.05, 0.1) is 6.61 Å². The fourth-order valence-corrected chi connectivity index (χ4v) is 2.46. The molecule has 2 aromatic carbocycles. The molecule has 3 rings (SSSR count). The summed E-state index contributed by atoms with van der Waals surface area (Å²) in [4.78, 5) is 14.9. The van der Waals surface area contributed by atoms with Crippen molar-refractivity contribution in [3.05, 3.63) is 59.5 Å². The van der Waals surface area contributed by atoms with Crippen molar-refractivity contribution >= 4 is 16.9 Å². The number of fused-ring (bicyclic) bond motifs is 1. The quantitative estimate of drug-likeness (QED) is 0.726. The standard InChI is InChI=1S/C17H12F3NO2/c1-2-23-17(22)16-15(9-3-5-10(18)6-4-9)11-7-12(19)13(20)8-14(11)21-16/h3-8,21H,2H2,1H3. The Hall–Kier alpha value is -2.76. The molecule has 0 saturated heterocycles. The lowest BCUT2D eigenvalue weighted by molar-refractivity contribution is 0.0521. The van der Waals surface area contributed by atoms with Gasteiger partial charge in [-0.05, 0) is 30.7 Å². The molecule has 0 aliphatic heterocycles. The van der Waals surface area contributed by atoms with Crippen molar-refractivity contribution in [2.24, 2.45) is 0 Å². The van der Waals surface area contributed by atoms with E-state index in [9.17, 15) is 18.0 Å². The largest absolute Gasteiger partial charge is 0.461 e. The average Bonchev–Trinajstić information content (AvgIpc) is 2.87. The van der Waals surface area contributed by atoms with Crippen molar-refractivity contribution in [1.82, 2.24) is 4.98 Å². The van der Waals surface area contributed by atoms with Gasteiger partial charge in [-0.15, -0.1) is 0 Å². The minimum absolute atomic E-state index is 0.0680. The van der Waals surface area contributed by atoms with Crippen LogP contribution in [0.5, 0.6) is 0 Å². The van der Waals surface area contributed by atoms with E-state index in [2.05, 4.69) is 4.98 Å². The van der Waals surface area contributed by atoms with E-state index in [0.29, 0.717) is 16.5 Å². The maximum absolute atomic E-state index is 13.6. The second-order valence-electron chi connectivity index (χ2n) is 4.91. The number of carbonyl (C=O) groups excluding carboxylic acids is 1. The number of carbonyl (C=O) groups is 1. The van der Waals surface area contributed by atoms with Gasteiger partial charge in [0.2, 0.25) is 0 Å². The Morgan fingerprint density at radius 1 is 1.09 bits per heavy atom. The van der Waals surface area contributed by atoms with Crippen LogP contribution in [-0.4, -0.2) is 17.6 Å². The summed E-state index contributed by atoms with van der Waals surface area (Å²) in [6, 6.07) is 7.35. The summed E-state index contributed by atoms with van der Waals surface area (Å²) in [6.45, 7) is 1.80. The molecule has 0 amide bonds. The molecule has 0 fully saturated rings. The Kier molecular flexibility index (Phi) is 3.82. The van der Waals surface area contributed by atoms with Gasteiger partial charge in [0.25, 0.3) is 0 Å². The third-order valence-corrected chi connectivity index (χ3v) is 3.45. The zero-order chi connectivity index (χ0) is 16.6. The molecule has 0 unspecified atom stereocenters. The number of aromatic nitrogens is 1. The second kappa shape index (κ2) is 5.79. The highest BCUT2D eigenvalue weighted by Crippen LogP contribution is 2.34. The molecule has 1 N–H and O–H groups in total. The maximum Gasteiger partial charge on any atom is 0.355 e. The van der Waals surface area contributed by atoms with Crippen LogP contribution in [0.25, 0.3) is 22.0 Å². The van der Waals surface area contributed by atoms with Crippen LogP contribution < -0.4 is 0 Å². The van der Waals surface area contributed by atoms with Gasteiger partial charge in [-0.2, -0.15) is 0 Å². The van der Waals surface area contributed by atoms with Crippen LogP contribution in [-0.2, 0) is 4.74 Å². The number of halogens is 3. The first-order chi connectivity index (χ1) is 11.0. The van der Waals surface area contributed by atoms with Crippen molar-refractivity contribution in [3.63, 3.8) is 0 Å². The number of rotatable bonds is 3. The predicted molar refractivity (Wildman–Crippen MR) is 79.6 cm³/mol. The first-order valence-corrected chi connectivity index (χ1v) is 6.95. The molecule has 0 spiro atoms. The second-order valence-corrected chi connectivity index (χ2v) is 4.91. The molecule has 1 aromatic heterocycles. The molecule has 23 heavy (non-hydrogen) atoms. The van der Waals surface area contributed by atoms with Crippen LogP contribution in [0, 0.1) is 17.5 Å². The number of nitrogens with one attached hydrogen (secondary N) is 1. The first-order valence-electron chi connectivity index (χ1n) is 6.95. The number of benzene rings is 2. The number of H-pyrrole nitrogens is 1. The maximum atomic E-state index is 13.6. The molecule has 3 nitrogen and oxygen atoms in total. The lowest BCUT2D eigenvalue weighted by Crippen LogP contribution is -2.06. The molecule has 0 bridgehead atoms. The Bertz CT molecular complexity index is 885. The zero-order valence-corrected chi connectivity index (χ0v) is 12.1. The molecule has 6 heteroatoms. The molecule has 0 aliphatic rings. The van der Waals surface area contributed by atoms with Gasteiger partial charge in [0, 0.05) is 22.5 Å². The third kappa shape index (κ3) is 2.67. The van der Waals surface area contributed by atoms with Gasteiger partial charge in [-0.3, -0.25) is 0 Å². The molecule has 0 radical (unpaired) electrons. The summed E-state index contributed by atoms with van der Waals surface area (Å²) in [5.41, 5.74) is 1.16. The van der Waals surface area contributed by atoms with Crippen molar-refractivity contribution in [2.45, 2.75) is 6.92 Å². The number of hydrogen-bond donors (Lipinski definition) is 1. The lowest BCUT2D eigenvalue weighted by Gasteiger charge is -2.05. The monoisotopic (exact) mass is 319 g/mol. The van der Waals surface area contributed by atoms with Crippen molar-refractivity contribution in [3.8, 4) is 11.1 Å². The molecular formula is C17H12F3NO2. The van der Waals surface area contributed by atoms with Gasteiger partial charge < -0.3 is 9.72 Å². The Morgan fingerprint density at radius 3 is 2.39 bits per heavy atom. The topological polar surface area (TPSA) is 42.1 Å². The van der Waals surface area contributed by atoms with E-state index in [4.69, 9.17) is 4.74 Å². The number of esters is 1. The SMILES string of the molecule is CCOC(=O)c1[nH]c2cc(F)c(F)cc2c1-c1ccc(F)cc1. The van der Waals surface area contributed by atoms with Crippen molar-refractivity contribution in [1.29, 1.82) is 0 Å². The molecule has 118 valence electrons. The van der Waals surface area contributed by atoms with E-state index in [1.54, 1.807) is 6.92 Å². The van der Waals surface area contributed by atoms with Gasteiger partial charge in [-0.25, -0.2) is 18.0 Å². The van der Waals surface area contributed by atoms with E-state index in [0.717, 1.165) is 12.1 Å². The van der Waals surface area contributed by atoms with Gasteiger partial charge in [0.15, 0.2) is 11.6 Å². The highest BCUT2D eigenvalue weighted by atomic mass is 19.2. The normalized spacial score (nSPS) is 11.0. The van der Waals surface area contributed by atoms with E-state index in [-0.39, 0.29) is 17.8 Å². The summed E-state index contributed by atoms with van der Waals surface area (Å²) in [7, 11) is 0. The first kappa shape index (κ1) is 15.1. The van der Waals surface area contributed by atoms with Crippen molar-refractivity contribution in [2.75, 3.05) is 6.61 Å². The smallest absolute Gasteiger partial charge is 0.355 e. The number of aromatic amines is 1. The van der Waals surface area contributed by atoms with Crippen LogP contribution in [0.4, 0.5) is 13.2 Å². The molecule has 3 aromatic rings. The molecule has 0 saturated carbocycles. The van der Waals surface area contributed by atoms with Gasteiger partial charge in [-0.1, -0.05) is 12.1 Å². The van der Waals surface area contributed by atoms with Crippen LogP contribution in [0.3, 0.4) is 0 Å². The summed E-state index contributed by atoms with van der Waals surface area (Å²) >= 11 is 0. The van der Waals surface area contributed by atoms with Crippen molar-refractivity contribution < 1.29 is 22.7 Å². The highest BCUT2D eigenvalue weighted by Gasteiger charge is 2.21. The summed E-state index contributed by atoms with van der Waals surface area (Å²) in [5, 5.41) is 0.318. The Labute approximate surface area is 129 Å². The molecule has 1 heterocycles. The van der Waals surface area contributed by atoms with Crippen LogP contribution in [0.2, 0.25) is 0 Å². The summed E-state index contributed by atoms with van der Waals surface area (Å²) < 4.78 is 45.1. The Balaban J connectivity index is 2.30. The molecular weight excluding hydrogens is 307 g/mol. The fourth-order valence-electron chi connectivity index (χ4n) is 2.46. The van der Waals surface area contributed by atoms with Crippen LogP contribution in [0.1, 0.15) is 17.4 Å². The summed E-state index contributed by atoms with van der Waals surface area (Å²) in [5.74, 6) is -3.15. The molecule has 0 atom stereocenters. The third-order valence-electron chi connectivity index (χ3n) is 3.45. The minimum atomic E-state index is -1.03. The van der Waals surface area contributed by atoms with Gasteiger partial charge >= 0.3 is 5.97 Å². The van der Waals surface area contributed by atoms with Gasteiger partial charge in [0.1, 0.15) is 11.5 Å². The van der Waals surface area contributed by atoms with Crippen LogP contribution in [0.15, 0.2) is 36.4 Å². The lowest BCUT2D eigenvalue weighted by atomic mass is 10.0. The van der Waals surface area contributed by atoms with E-state index in [1.165, 1.54) is 24.3 Å². The average molecular weight is 319 g/mol. The minimum Gasteiger partial charge on any atom is -0.461 e. The predicted octanol–water partition coefficient (Wildman–Crippen LogP) is 4.43. The van der Waals surface area contributed by atoms with E-state index in [1.807, 2.05) is 0 Å². The molecule has 0 aliphatic carbocycles. The number of hydrogen-bond acceptors (Lipinski definition) is 2. The fraction of sp³-hybridized carbons (Fsp3) is 0.118.